The van der Waals surface area contributed by atoms with Gasteiger partial charge in [0.15, 0.2) is 6.29 Å². The molecule has 0 saturated heterocycles. The second kappa shape index (κ2) is 5.46. The molecule has 0 atom stereocenters. The minimum Gasteiger partial charge on any atom is -0.357 e. The lowest BCUT2D eigenvalue weighted by atomic mass is 10.7. The van der Waals surface area contributed by atoms with E-state index in [1.54, 1.807) is 0 Å². The van der Waals surface area contributed by atoms with Crippen LogP contribution in [0.1, 0.15) is 0 Å². The summed E-state index contributed by atoms with van der Waals surface area (Å²) < 4.78 is 0.278. The zero-order valence-corrected chi connectivity index (χ0v) is 8.64. The van der Waals surface area contributed by atoms with Crippen molar-refractivity contribution in [2.24, 2.45) is 7.05 Å². The molecule has 0 spiro atoms. The third-order valence-electron chi connectivity index (χ3n) is 0.887. The Morgan fingerprint density at radius 2 is 1.58 bits per heavy atom. The van der Waals surface area contributed by atoms with Crippen molar-refractivity contribution in [2.75, 3.05) is 0 Å². The molecule has 0 aliphatic carbocycles. The van der Waals surface area contributed by atoms with Crippen LogP contribution in [0.2, 0.25) is 0 Å². The highest BCUT2D eigenvalue weighted by Gasteiger charge is 2.16. The number of alkyl halides is 3. The highest BCUT2D eigenvalue weighted by Crippen LogP contribution is 2.21. The number of hydrogen-bond acceptors (Lipinski definition) is 1. The molecule has 0 radical (unpaired) electrons. The fourth-order valence-electron chi connectivity index (χ4n) is 0.421. The van der Waals surface area contributed by atoms with Gasteiger partial charge in [0.2, 0.25) is 3.79 Å². The van der Waals surface area contributed by atoms with Crippen LogP contribution in [0.4, 0.5) is 0 Å². The summed E-state index contributed by atoms with van der Waals surface area (Å²) in [5, 5.41) is 0. The number of carbonyl (C=O) groups excluding carboxylic acids is 1. The normalized spacial score (nSPS) is 10.0. The Labute approximate surface area is 86.0 Å². The molecule has 0 unspecified atom stereocenters. The molecular formula is C7H8Cl3NO. The van der Waals surface area contributed by atoms with E-state index in [0.717, 1.165) is 0 Å². The van der Waals surface area contributed by atoms with Crippen LogP contribution in [0.5, 0.6) is 0 Å². The van der Waals surface area contributed by atoms with Gasteiger partial charge in [-0.05, 0) is 12.1 Å². The number of carbonyl (C=O) groups is 1. The third-order valence-corrected chi connectivity index (χ3v) is 1.15. The Kier molecular flexibility index (Phi) is 5.38. The molecule has 0 N–H and O–H groups in total. The molecular weight excluding hydrogens is 220 g/mol. The van der Waals surface area contributed by atoms with Crippen molar-refractivity contribution in [3.63, 3.8) is 0 Å². The molecule has 1 heterocycles. The molecule has 12 heavy (non-hydrogen) atoms. The van der Waals surface area contributed by atoms with Gasteiger partial charge in [-0.3, -0.25) is 4.79 Å². The number of rotatable bonds is 0. The van der Waals surface area contributed by atoms with Crippen LogP contribution in [0, 0.1) is 0 Å². The van der Waals surface area contributed by atoms with E-state index in [1.807, 2.05) is 36.1 Å². The lowest BCUT2D eigenvalue weighted by Gasteiger charge is -1.93. The zero-order valence-electron chi connectivity index (χ0n) is 6.38. The van der Waals surface area contributed by atoms with E-state index in [0.29, 0.717) is 0 Å². The average Bonchev–Trinajstić information content (AvgIpc) is 2.39. The van der Waals surface area contributed by atoms with E-state index >= 15 is 0 Å². The van der Waals surface area contributed by atoms with Gasteiger partial charge in [-0.25, -0.2) is 0 Å². The number of hydrogen-bond donors (Lipinski definition) is 0. The first-order valence-electron chi connectivity index (χ1n) is 3.05. The highest BCUT2D eigenvalue weighted by atomic mass is 35.6. The molecule has 1 rings (SSSR count). The van der Waals surface area contributed by atoms with Gasteiger partial charge < -0.3 is 4.57 Å². The molecule has 0 aliphatic rings. The molecule has 1 aromatic heterocycles. The van der Waals surface area contributed by atoms with Gasteiger partial charge in [-0.1, -0.05) is 34.8 Å². The SMILES string of the molecule is Cn1cccc1.O=CC(Cl)(Cl)Cl. The number of halogens is 3. The molecule has 0 aliphatic heterocycles. The predicted molar refractivity (Wildman–Crippen MR) is 51.8 cm³/mol. The Morgan fingerprint density at radius 3 is 1.67 bits per heavy atom. The summed E-state index contributed by atoms with van der Waals surface area (Å²) in [5.41, 5.74) is 0. The second-order valence-electron chi connectivity index (χ2n) is 2.01. The Hall–Kier alpha value is -0.180. The van der Waals surface area contributed by atoms with Crippen LogP contribution in [0.25, 0.3) is 0 Å². The zero-order chi connectivity index (χ0) is 9.61. The smallest absolute Gasteiger partial charge is 0.245 e. The van der Waals surface area contributed by atoms with Gasteiger partial charge in [0.05, 0.1) is 0 Å². The fourth-order valence-corrected chi connectivity index (χ4v) is 0.421. The topological polar surface area (TPSA) is 22.0 Å². The quantitative estimate of drug-likeness (QED) is 0.494. The fraction of sp³-hybridized carbons (Fsp3) is 0.286. The van der Waals surface area contributed by atoms with Crippen molar-refractivity contribution in [2.45, 2.75) is 3.79 Å². The van der Waals surface area contributed by atoms with E-state index in [4.69, 9.17) is 34.8 Å². The lowest BCUT2D eigenvalue weighted by molar-refractivity contribution is -0.107. The maximum absolute atomic E-state index is 9.43. The van der Waals surface area contributed by atoms with Crippen molar-refractivity contribution >= 4 is 41.1 Å². The van der Waals surface area contributed by atoms with Crippen LogP contribution < -0.4 is 0 Å². The standard InChI is InChI=1S/C5H7N.C2HCl3O/c1-6-4-2-3-5-6;3-2(4,5)1-6/h2-5H,1H3;1H. The molecule has 0 saturated carbocycles. The van der Waals surface area contributed by atoms with Crippen LogP contribution in [0.3, 0.4) is 0 Å². The van der Waals surface area contributed by atoms with Crippen LogP contribution >= 0.6 is 34.8 Å². The maximum atomic E-state index is 9.43. The first-order valence-corrected chi connectivity index (χ1v) is 4.19. The van der Waals surface area contributed by atoms with Crippen molar-refractivity contribution in [1.82, 2.24) is 4.57 Å². The average molecular weight is 229 g/mol. The molecule has 0 aromatic carbocycles. The number of nitrogens with zero attached hydrogens (tertiary/aromatic N) is 1. The predicted octanol–water partition coefficient (Wildman–Crippen LogP) is 2.58. The molecule has 0 amide bonds. The Bertz CT molecular complexity index is 215. The van der Waals surface area contributed by atoms with E-state index < -0.39 is 3.79 Å². The molecule has 2 nitrogen and oxygen atoms in total. The van der Waals surface area contributed by atoms with Gasteiger partial charge in [0.25, 0.3) is 0 Å². The van der Waals surface area contributed by atoms with Crippen molar-refractivity contribution < 1.29 is 4.79 Å². The Morgan fingerprint density at radius 1 is 1.25 bits per heavy atom. The second-order valence-corrected chi connectivity index (χ2v) is 4.38. The minimum absolute atomic E-state index is 0.234. The van der Waals surface area contributed by atoms with Gasteiger partial charge in [0, 0.05) is 19.4 Å². The first kappa shape index (κ1) is 11.8. The van der Waals surface area contributed by atoms with Crippen LogP contribution in [-0.4, -0.2) is 14.6 Å². The minimum atomic E-state index is -1.72. The number of aromatic nitrogens is 1. The highest BCUT2D eigenvalue weighted by molar-refractivity contribution is 6.74. The van der Waals surface area contributed by atoms with Gasteiger partial charge >= 0.3 is 0 Å². The van der Waals surface area contributed by atoms with Crippen LogP contribution in [-0.2, 0) is 11.8 Å². The van der Waals surface area contributed by atoms with E-state index in [2.05, 4.69) is 0 Å². The summed E-state index contributed by atoms with van der Waals surface area (Å²) in [4.78, 5) is 9.43. The largest absolute Gasteiger partial charge is 0.357 e. The summed E-state index contributed by atoms with van der Waals surface area (Å²) >= 11 is 14.6. The lowest BCUT2D eigenvalue weighted by Crippen LogP contribution is -2.00. The molecule has 68 valence electrons. The molecule has 1 aromatic rings. The number of aldehydes is 1. The molecule has 0 fully saturated rings. The van der Waals surface area contributed by atoms with Crippen molar-refractivity contribution in [3.8, 4) is 0 Å². The monoisotopic (exact) mass is 227 g/mol. The van der Waals surface area contributed by atoms with E-state index in [9.17, 15) is 4.79 Å². The van der Waals surface area contributed by atoms with Gasteiger partial charge in [-0.15, -0.1) is 0 Å². The van der Waals surface area contributed by atoms with E-state index in [-0.39, 0.29) is 6.29 Å². The summed E-state index contributed by atoms with van der Waals surface area (Å²) in [6.45, 7) is 0. The summed E-state index contributed by atoms with van der Waals surface area (Å²) in [6, 6.07) is 4.00. The molecule has 0 bridgehead atoms. The van der Waals surface area contributed by atoms with E-state index in [1.165, 1.54) is 0 Å². The third kappa shape index (κ3) is 7.92. The summed E-state index contributed by atoms with van der Waals surface area (Å²) in [5.74, 6) is 0. The van der Waals surface area contributed by atoms with Gasteiger partial charge in [0.1, 0.15) is 0 Å². The summed E-state index contributed by atoms with van der Waals surface area (Å²) in [7, 11) is 2.00. The number of aryl methyl sites for hydroxylation is 1. The van der Waals surface area contributed by atoms with Crippen molar-refractivity contribution in [3.05, 3.63) is 24.5 Å². The summed E-state index contributed by atoms with van der Waals surface area (Å²) in [6.07, 6.45) is 4.23. The first-order chi connectivity index (χ1) is 5.45. The molecule has 5 heteroatoms. The van der Waals surface area contributed by atoms with Crippen molar-refractivity contribution in [1.29, 1.82) is 0 Å². The maximum Gasteiger partial charge on any atom is 0.245 e. The van der Waals surface area contributed by atoms with Crippen LogP contribution in [0.15, 0.2) is 24.5 Å². The van der Waals surface area contributed by atoms with Gasteiger partial charge in [-0.2, -0.15) is 0 Å². The Balaban J connectivity index is 0.000000202.